The van der Waals surface area contributed by atoms with E-state index in [4.69, 9.17) is 4.42 Å². The molecule has 0 radical (unpaired) electrons. The van der Waals surface area contributed by atoms with Crippen LogP contribution in [0.4, 0.5) is 0 Å². The molecule has 0 saturated carbocycles. The number of rotatable bonds is 6. The van der Waals surface area contributed by atoms with Crippen LogP contribution < -0.4 is 16.4 Å². The molecule has 0 aliphatic carbocycles. The number of fused-ring (bicyclic) bond motifs is 1. The highest BCUT2D eigenvalue weighted by Crippen LogP contribution is 2.13. The SMILES string of the molecule is CNCC(=O)NCCCc1ccc2[nH]c(=O)oc2c1. The van der Waals surface area contributed by atoms with Crippen molar-refractivity contribution in [3.63, 3.8) is 0 Å². The van der Waals surface area contributed by atoms with E-state index in [0.717, 1.165) is 18.4 Å². The molecule has 0 atom stereocenters. The van der Waals surface area contributed by atoms with Crippen molar-refractivity contribution in [1.29, 1.82) is 0 Å². The molecule has 0 saturated heterocycles. The van der Waals surface area contributed by atoms with Crippen LogP contribution in [0, 0.1) is 0 Å². The van der Waals surface area contributed by atoms with Gasteiger partial charge in [0.05, 0.1) is 12.1 Å². The quantitative estimate of drug-likeness (QED) is 0.658. The van der Waals surface area contributed by atoms with Gasteiger partial charge in [-0.2, -0.15) is 0 Å². The molecule has 0 aliphatic heterocycles. The minimum Gasteiger partial charge on any atom is -0.408 e. The molecule has 6 nitrogen and oxygen atoms in total. The van der Waals surface area contributed by atoms with Crippen molar-refractivity contribution in [3.8, 4) is 0 Å². The highest BCUT2D eigenvalue weighted by atomic mass is 16.4. The van der Waals surface area contributed by atoms with Crippen LogP contribution in [0.5, 0.6) is 0 Å². The summed E-state index contributed by atoms with van der Waals surface area (Å²) in [6, 6.07) is 5.63. The summed E-state index contributed by atoms with van der Waals surface area (Å²) < 4.78 is 5.00. The number of H-pyrrole nitrogens is 1. The summed E-state index contributed by atoms with van der Waals surface area (Å²) in [5, 5.41) is 5.61. The molecular formula is C13H17N3O3. The van der Waals surface area contributed by atoms with Crippen molar-refractivity contribution in [1.82, 2.24) is 15.6 Å². The van der Waals surface area contributed by atoms with E-state index in [1.165, 1.54) is 0 Å². The second-order valence-electron chi connectivity index (χ2n) is 4.33. The topological polar surface area (TPSA) is 87.1 Å². The van der Waals surface area contributed by atoms with Gasteiger partial charge in [-0.05, 0) is 37.6 Å². The van der Waals surface area contributed by atoms with E-state index in [1.54, 1.807) is 7.05 Å². The first kappa shape index (κ1) is 13.4. The van der Waals surface area contributed by atoms with Crippen LogP contribution in [0.2, 0.25) is 0 Å². The highest BCUT2D eigenvalue weighted by Gasteiger charge is 2.02. The molecule has 0 spiro atoms. The van der Waals surface area contributed by atoms with Crippen molar-refractivity contribution in [2.45, 2.75) is 12.8 Å². The van der Waals surface area contributed by atoms with Gasteiger partial charge >= 0.3 is 5.76 Å². The maximum atomic E-state index is 11.2. The first-order chi connectivity index (χ1) is 9.19. The fraction of sp³-hybridized carbons (Fsp3) is 0.385. The Bertz CT molecular complexity index is 615. The van der Waals surface area contributed by atoms with Gasteiger partial charge in [-0.3, -0.25) is 9.78 Å². The number of benzene rings is 1. The molecule has 2 rings (SSSR count). The van der Waals surface area contributed by atoms with Gasteiger partial charge in [0.15, 0.2) is 5.58 Å². The highest BCUT2D eigenvalue weighted by molar-refractivity contribution is 5.77. The van der Waals surface area contributed by atoms with Crippen molar-refractivity contribution in [2.24, 2.45) is 0 Å². The molecule has 1 heterocycles. The lowest BCUT2D eigenvalue weighted by Crippen LogP contribution is -2.32. The summed E-state index contributed by atoms with van der Waals surface area (Å²) in [5.41, 5.74) is 2.36. The summed E-state index contributed by atoms with van der Waals surface area (Å²) in [5.74, 6) is -0.443. The van der Waals surface area contributed by atoms with Gasteiger partial charge in [0.2, 0.25) is 5.91 Å². The predicted molar refractivity (Wildman–Crippen MR) is 72.1 cm³/mol. The third-order valence-electron chi connectivity index (χ3n) is 2.79. The lowest BCUT2D eigenvalue weighted by Gasteiger charge is -2.04. The van der Waals surface area contributed by atoms with Crippen LogP contribution in [0.3, 0.4) is 0 Å². The predicted octanol–water partition coefficient (Wildman–Crippen LogP) is 0.389. The third-order valence-corrected chi connectivity index (χ3v) is 2.79. The number of aryl methyl sites for hydroxylation is 1. The van der Waals surface area contributed by atoms with Crippen molar-refractivity contribution >= 4 is 17.0 Å². The average molecular weight is 263 g/mol. The smallest absolute Gasteiger partial charge is 0.408 e. The number of hydrogen-bond acceptors (Lipinski definition) is 4. The lowest BCUT2D eigenvalue weighted by molar-refractivity contribution is -0.120. The molecule has 2 aromatic rings. The summed E-state index contributed by atoms with van der Waals surface area (Å²) >= 11 is 0. The number of carbonyl (C=O) groups excluding carboxylic acids is 1. The van der Waals surface area contributed by atoms with E-state index in [2.05, 4.69) is 15.6 Å². The normalized spacial score (nSPS) is 10.8. The molecule has 6 heteroatoms. The third kappa shape index (κ3) is 3.69. The van der Waals surface area contributed by atoms with Crippen molar-refractivity contribution in [2.75, 3.05) is 20.1 Å². The maximum absolute atomic E-state index is 11.2. The van der Waals surface area contributed by atoms with E-state index in [-0.39, 0.29) is 5.91 Å². The molecular weight excluding hydrogens is 246 g/mol. The van der Waals surface area contributed by atoms with Crippen LogP contribution in [-0.2, 0) is 11.2 Å². The van der Waals surface area contributed by atoms with Gasteiger partial charge in [0.1, 0.15) is 0 Å². The van der Waals surface area contributed by atoms with E-state index in [1.807, 2.05) is 18.2 Å². The molecule has 3 N–H and O–H groups in total. The maximum Gasteiger partial charge on any atom is 0.417 e. The van der Waals surface area contributed by atoms with E-state index < -0.39 is 5.76 Å². The van der Waals surface area contributed by atoms with Crippen LogP contribution in [0.1, 0.15) is 12.0 Å². The number of amides is 1. The lowest BCUT2D eigenvalue weighted by atomic mass is 10.1. The number of oxazole rings is 1. The molecule has 1 aromatic carbocycles. The zero-order chi connectivity index (χ0) is 13.7. The van der Waals surface area contributed by atoms with Gasteiger partial charge in [-0.1, -0.05) is 6.07 Å². The number of hydrogen-bond donors (Lipinski definition) is 3. The number of likely N-dealkylation sites (N-methyl/N-ethyl adjacent to an activating group) is 1. The largest absolute Gasteiger partial charge is 0.417 e. The Morgan fingerprint density at radius 1 is 1.42 bits per heavy atom. The first-order valence-electron chi connectivity index (χ1n) is 6.22. The van der Waals surface area contributed by atoms with Gasteiger partial charge < -0.3 is 15.1 Å². The summed E-state index contributed by atoms with van der Waals surface area (Å²) in [6.45, 7) is 0.968. The van der Waals surface area contributed by atoms with E-state index >= 15 is 0 Å². The summed E-state index contributed by atoms with van der Waals surface area (Å²) in [4.78, 5) is 24.8. The van der Waals surface area contributed by atoms with Crippen LogP contribution in [-0.4, -0.2) is 31.0 Å². The molecule has 1 amide bonds. The molecule has 0 bridgehead atoms. The molecule has 19 heavy (non-hydrogen) atoms. The summed E-state index contributed by atoms with van der Waals surface area (Å²) in [7, 11) is 1.74. The van der Waals surface area contributed by atoms with Crippen LogP contribution in [0.25, 0.3) is 11.1 Å². The van der Waals surface area contributed by atoms with Crippen LogP contribution >= 0.6 is 0 Å². The standard InChI is InChI=1S/C13H17N3O3/c1-14-8-12(17)15-6-2-3-9-4-5-10-11(7-9)19-13(18)16-10/h4-5,7,14H,2-3,6,8H2,1H3,(H,15,17)(H,16,18). The van der Waals surface area contributed by atoms with Crippen LogP contribution in [0.15, 0.2) is 27.4 Å². The first-order valence-corrected chi connectivity index (χ1v) is 6.22. The molecule has 0 unspecified atom stereocenters. The van der Waals surface area contributed by atoms with Crippen molar-refractivity contribution in [3.05, 3.63) is 34.3 Å². The fourth-order valence-electron chi connectivity index (χ4n) is 1.89. The molecule has 1 aromatic heterocycles. The van der Waals surface area contributed by atoms with Gasteiger partial charge in [-0.15, -0.1) is 0 Å². The zero-order valence-corrected chi connectivity index (χ0v) is 10.8. The summed E-state index contributed by atoms with van der Waals surface area (Å²) in [6.07, 6.45) is 1.67. The monoisotopic (exact) mass is 263 g/mol. The molecule has 102 valence electrons. The Kier molecular flexibility index (Phi) is 4.35. The van der Waals surface area contributed by atoms with Gasteiger partial charge in [-0.25, -0.2) is 4.79 Å². The number of carbonyl (C=O) groups is 1. The zero-order valence-electron chi connectivity index (χ0n) is 10.8. The number of aromatic nitrogens is 1. The Morgan fingerprint density at radius 3 is 3.05 bits per heavy atom. The second-order valence-corrected chi connectivity index (χ2v) is 4.33. The Morgan fingerprint density at radius 2 is 2.26 bits per heavy atom. The van der Waals surface area contributed by atoms with Crippen molar-refractivity contribution < 1.29 is 9.21 Å². The Hall–Kier alpha value is -2.08. The molecule has 0 fully saturated rings. The Labute approximate surface area is 110 Å². The van der Waals surface area contributed by atoms with E-state index in [9.17, 15) is 9.59 Å². The Balaban J connectivity index is 1.84. The number of nitrogens with one attached hydrogen (secondary N) is 3. The molecule has 0 aliphatic rings. The average Bonchev–Trinajstić information content (AvgIpc) is 2.74. The van der Waals surface area contributed by atoms with Gasteiger partial charge in [0.25, 0.3) is 0 Å². The van der Waals surface area contributed by atoms with E-state index in [0.29, 0.717) is 24.2 Å². The minimum atomic E-state index is -0.438. The minimum absolute atomic E-state index is 0.00502. The second kappa shape index (κ2) is 6.19. The fourth-order valence-corrected chi connectivity index (χ4v) is 1.89. The number of aromatic amines is 1. The van der Waals surface area contributed by atoms with Gasteiger partial charge in [0, 0.05) is 6.54 Å².